The van der Waals surface area contributed by atoms with Crippen LogP contribution in [-0.4, -0.2) is 40.9 Å². The number of rotatable bonds is 4. The third kappa shape index (κ3) is 3.86. The summed E-state index contributed by atoms with van der Waals surface area (Å²) in [5.41, 5.74) is 7.56. The summed E-state index contributed by atoms with van der Waals surface area (Å²) in [7, 11) is 1.96. The van der Waals surface area contributed by atoms with E-state index >= 15 is 0 Å². The summed E-state index contributed by atoms with van der Waals surface area (Å²) in [5.74, 6) is 1.66. The summed E-state index contributed by atoms with van der Waals surface area (Å²) in [4.78, 5) is 4.84. The van der Waals surface area contributed by atoms with Crippen molar-refractivity contribution in [2.75, 3.05) is 26.2 Å². The van der Waals surface area contributed by atoms with Crippen LogP contribution in [0.15, 0.2) is 60.7 Å². The molecule has 5 heteroatoms. The topological polar surface area (TPSA) is 54.8 Å². The van der Waals surface area contributed by atoms with Gasteiger partial charge in [0.2, 0.25) is 0 Å². The van der Waals surface area contributed by atoms with Crippen LogP contribution in [-0.2, 0) is 7.05 Å². The van der Waals surface area contributed by atoms with E-state index in [-0.39, 0.29) is 0 Å². The van der Waals surface area contributed by atoms with Gasteiger partial charge in [0.25, 0.3) is 0 Å². The lowest BCUT2D eigenvalue weighted by Gasteiger charge is -2.14. The van der Waals surface area contributed by atoms with E-state index in [0.29, 0.717) is 0 Å². The van der Waals surface area contributed by atoms with Crippen molar-refractivity contribution in [3.63, 3.8) is 0 Å². The highest BCUT2D eigenvalue weighted by atomic mass is 15.3. The molecule has 0 bridgehead atoms. The molecule has 2 aromatic carbocycles. The van der Waals surface area contributed by atoms with Crippen LogP contribution in [0.1, 0.15) is 24.0 Å². The summed E-state index contributed by atoms with van der Waals surface area (Å²) in [6.45, 7) is 4.00. The highest BCUT2D eigenvalue weighted by molar-refractivity contribution is 5.71. The lowest BCUT2D eigenvalue weighted by atomic mass is 9.99. The largest absolute Gasteiger partial charge is 0.313 e. The van der Waals surface area contributed by atoms with Gasteiger partial charge in [0, 0.05) is 31.3 Å². The Morgan fingerprint density at radius 3 is 1.70 bits per heavy atom. The molecule has 0 radical (unpaired) electrons. The zero-order valence-electron chi connectivity index (χ0n) is 17.4. The molecule has 0 amide bonds. The molecule has 152 valence electrons. The summed E-state index contributed by atoms with van der Waals surface area (Å²) in [5, 5.41) is 11.4. The molecule has 5 nitrogen and oxygen atoms in total. The number of aryl methyl sites for hydroxylation is 1. The van der Waals surface area contributed by atoms with Crippen LogP contribution in [0, 0.1) is 0 Å². The third-order valence-electron chi connectivity index (χ3n) is 5.92. The molecule has 0 unspecified atom stereocenters. The summed E-state index contributed by atoms with van der Waals surface area (Å²) < 4.78 is 1.87. The summed E-state index contributed by atoms with van der Waals surface area (Å²) >= 11 is 0. The van der Waals surface area contributed by atoms with Crippen LogP contribution in [0.5, 0.6) is 0 Å². The average Bonchev–Trinajstić information content (AvgIpc) is 3.22. The van der Waals surface area contributed by atoms with Gasteiger partial charge in [-0.15, -0.1) is 0 Å². The molecule has 0 saturated carbocycles. The van der Waals surface area contributed by atoms with E-state index in [1.807, 2.05) is 11.7 Å². The van der Waals surface area contributed by atoms with Gasteiger partial charge in [-0.2, -0.15) is 5.10 Å². The molecule has 30 heavy (non-hydrogen) atoms. The fourth-order valence-corrected chi connectivity index (χ4v) is 4.19. The molecule has 0 saturated heterocycles. The van der Waals surface area contributed by atoms with E-state index in [4.69, 9.17) is 4.98 Å². The van der Waals surface area contributed by atoms with Gasteiger partial charge in [-0.25, -0.2) is 9.67 Å². The minimum Gasteiger partial charge on any atom is -0.313 e. The maximum atomic E-state index is 4.84. The Balaban J connectivity index is 1.38. The van der Waals surface area contributed by atoms with Crippen LogP contribution in [0.2, 0.25) is 0 Å². The second-order valence-electron chi connectivity index (χ2n) is 7.90. The van der Waals surface area contributed by atoms with Crippen molar-refractivity contribution >= 4 is 11.1 Å². The first-order chi connectivity index (χ1) is 14.8. The molecule has 1 aromatic heterocycles. The molecule has 0 atom stereocenters. The molecule has 2 N–H and O–H groups in total. The van der Waals surface area contributed by atoms with Crippen LogP contribution in [0.4, 0.5) is 0 Å². The normalized spacial score (nSPS) is 16.8. The van der Waals surface area contributed by atoms with Gasteiger partial charge in [-0.1, -0.05) is 60.7 Å². The van der Waals surface area contributed by atoms with E-state index in [0.717, 1.165) is 61.8 Å². The third-order valence-corrected chi connectivity index (χ3v) is 5.92. The lowest BCUT2D eigenvalue weighted by molar-refractivity contribution is 0.738. The van der Waals surface area contributed by atoms with Crippen LogP contribution >= 0.6 is 0 Å². The van der Waals surface area contributed by atoms with Gasteiger partial charge in [0.1, 0.15) is 0 Å². The quantitative estimate of drug-likeness (QED) is 0.701. The summed E-state index contributed by atoms with van der Waals surface area (Å²) in [6.07, 6.45) is 6.72. The molecule has 0 aliphatic carbocycles. The van der Waals surface area contributed by atoms with Gasteiger partial charge >= 0.3 is 0 Å². The van der Waals surface area contributed by atoms with Crippen LogP contribution < -0.4 is 10.6 Å². The van der Waals surface area contributed by atoms with Gasteiger partial charge in [0.05, 0.1) is 0 Å². The predicted octanol–water partition coefficient (Wildman–Crippen LogP) is 3.90. The number of hydrogen-bond donors (Lipinski definition) is 2. The molecule has 0 fully saturated rings. The fraction of sp³-hybridized carbons (Fsp3) is 0.280. The van der Waals surface area contributed by atoms with Crippen molar-refractivity contribution in [1.29, 1.82) is 0 Å². The first kappa shape index (κ1) is 19.0. The van der Waals surface area contributed by atoms with Gasteiger partial charge in [-0.05, 0) is 48.2 Å². The Labute approximate surface area is 177 Å². The van der Waals surface area contributed by atoms with E-state index in [1.54, 1.807) is 0 Å². The Morgan fingerprint density at radius 2 is 1.20 bits per heavy atom. The maximum absolute atomic E-state index is 4.84. The number of nitrogens with one attached hydrogen (secondary N) is 2. The van der Waals surface area contributed by atoms with Crippen molar-refractivity contribution in [3.8, 4) is 22.8 Å². The van der Waals surface area contributed by atoms with Crippen molar-refractivity contribution in [2.24, 2.45) is 7.05 Å². The maximum Gasteiger partial charge on any atom is 0.181 e. The molecular formula is C25H27N5. The summed E-state index contributed by atoms with van der Waals surface area (Å²) in [6, 6.07) is 17.3. The molecular weight excluding hydrogens is 370 g/mol. The van der Waals surface area contributed by atoms with Crippen molar-refractivity contribution in [1.82, 2.24) is 25.4 Å². The Kier molecular flexibility index (Phi) is 5.30. The van der Waals surface area contributed by atoms with E-state index in [1.165, 1.54) is 22.3 Å². The fourth-order valence-electron chi connectivity index (χ4n) is 4.19. The van der Waals surface area contributed by atoms with Crippen molar-refractivity contribution in [3.05, 3.63) is 71.8 Å². The Bertz CT molecular complexity index is 1090. The Hall–Kier alpha value is -3.02. The molecule has 3 aromatic rings. The molecule has 3 heterocycles. The zero-order valence-corrected chi connectivity index (χ0v) is 17.4. The number of benzene rings is 2. The predicted molar refractivity (Wildman–Crippen MR) is 123 cm³/mol. The van der Waals surface area contributed by atoms with Crippen molar-refractivity contribution < 1.29 is 0 Å². The highest BCUT2D eigenvalue weighted by Crippen LogP contribution is 2.27. The SMILES string of the molecule is Cn1nc(-c2ccc(C3=CCNCC3)cc2)nc1-c1ccc(C2=CCNCC2)cc1. The van der Waals surface area contributed by atoms with Gasteiger partial charge in [0.15, 0.2) is 11.6 Å². The average molecular weight is 398 g/mol. The van der Waals surface area contributed by atoms with E-state index in [9.17, 15) is 0 Å². The van der Waals surface area contributed by atoms with Gasteiger partial charge in [-0.3, -0.25) is 0 Å². The monoisotopic (exact) mass is 397 g/mol. The Morgan fingerprint density at radius 1 is 0.700 bits per heavy atom. The van der Waals surface area contributed by atoms with Crippen LogP contribution in [0.3, 0.4) is 0 Å². The molecule has 2 aliphatic rings. The van der Waals surface area contributed by atoms with Gasteiger partial charge < -0.3 is 10.6 Å². The zero-order chi connectivity index (χ0) is 20.3. The number of hydrogen-bond acceptors (Lipinski definition) is 4. The van der Waals surface area contributed by atoms with E-state index in [2.05, 4.69) is 76.4 Å². The standard InChI is InChI=1S/C25H27N5/c1-30-25(23-8-4-19(5-9-23)21-12-16-27-17-13-21)28-24(29-30)22-6-2-18(3-7-22)20-10-14-26-15-11-20/h2-10,12,26-27H,11,13-17H2,1H3. The smallest absolute Gasteiger partial charge is 0.181 e. The minimum absolute atomic E-state index is 0.767. The molecule has 2 aliphatic heterocycles. The first-order valence-electron chi connectivity index (χ1n) is 10.7. The number of nitrogens with zero attached hydrogens (tertiary/aromatic N) is 3. The number of aromatic nitrogens is 3. The molecule has 0 spiro atoms. The van der Waals surface area contributed by atoms with Crippen LogP contribution in [0.25, 0.3) is 33.9 Å². The lowest BCUT2D eigenvalue weighted by Crippen LogP contribution is -2.19. The first-order valence-corrected chi connectivity index (χ1v) is 10.7. The highest BCUT2D eigenvalue weighted by Gasteiger charge is 2.13. The second-order valence-corrected chi connectivity index (χ2v) is 7.90. The molecule has 5 rings (SSSR count). The van der Waals surface area contributed by atoms with Crippen molar-refractivity contribution in [2.45, 2.75) is 12.8 Å². The second kappa shape index (κ2) is 8.38. The minimum atomic E-state index is 0.767. The van der Waals surface area contributed by atoms with E-state index < -0.39 is 0 Å².